The van der Waals surface area contributed by atoms with Crippen LogP contribution < -0.4 is 0 Å². The lowest BCUT2D eigenvalue weighted by molar-refractivity contribution is -0.154. The molecule has 1 fully saturated rings. The van der Waals surface area contributed by atoms with Gasteiger partial charge in [-0.2, -0.15) is 0 Å². The number of carbonyl (C=O) groups excluding carboxylic acids is 1. The molecular formula is C12H22N2O3. The van der Waals surface area contributed by atoms with Gasteiger partial charge in [0.1, 0.15) is 5.41 Å². The van der Waals surface area contributed by atoms with Crippen LogP contribution in [0, 0.1) is 5.41 Å². The van der Waals surface area contributed by atoms with Gasteiger partial charge in [-0.15, -0.1) is 0 Å². The second-order valence-electron chi connectivity index (χ2n) is 5.09. The van der Waals surface area contributed by atoms with Crippen molar-refractivity contribution in [2.75, 3.05) is 27.2 Å². The lowest BCUT2D eigenvalue weighted by atomic mass is 10.0. The second-order valence-corrected chi connectivity index (χ2v) is 5.09. The van der Waals surface area contributed by atoms with E-state index in [2.05, 4.69) is 0 Å². The summed E-state index contributed by atoms with van der Waals surface area (Å²) in [6.45, 7) is 5.15. The van der Waals surface area contributed by atoms with Gasteiger partial charge in [0.15, 0.2) is 0 Å². The zero-order valence-electron chi connectivity index (χ0n) is 11.1. The van der Waals surface area contributed by atoms with Crippen molar-refractivity contribution in [1.82, 2.24) is 9.80 Å². The number of hydrogen-bond donors (Lipinski definition) is 1. The minimum atomic E-state index is -1.11. The molecule has 0 bridgehead atoms. The van der Waals surface area contributed by atoms with E-state index in [1.807, 2.05) is 32.8 Å². The highest BCUT2D eigenvalue weighted by Crippen LogP contribution is 2.47. The van der Waals surface area contributed by atoms with Gasteiger partial charge >= 0.3 is 5.97 Å². The summed E-state index contributed by atoms with van der Waals surface area (Å²) in [5.41, 5.74) is -1.11. The van der Waals surface area contributed by atoms with Crippen LogP contribution in [0.15, 0.2) is 0 Å². The van der Waals surface area contributed by atoms with Gasteiger partial charge in [-0.1, -0.05) is 0 Å². The van der Waals surface area contributed by atoms with Crippen molar-refractivity contribution < 1.29 is 14.7 Å². The molecule has 0 radical (unpaired) electrons. The maximum Gasteiger partial charge on any atom is 0.319 e. The van der Waals surface area contributed by atoms with E-state index >= 15 is 0 Å². The van der Waals surface area contributed by atoms with Crippen LogP contribution in [-0.4, -0.2) is 60.0 Å². The maximum atomic E-state index is 12.2. The molecule has 0 aromatic carbocycles. The first-order valence-electron chi connectivity index (χ1n) is 6.04. The third-order valence-corrected chi connectivity index (χ3v) is 3.33. The van der Waals surface area contributed by atoms with E-state index in [-0.39, 0.29) is 11.9 Å². The van der Waals surface area contributed by atoms with E-state index in [1.165, 1.54) is 0 Å². The predicted octanol–water partition coefficient (Wildman–Crippen LogP) is 0.650. The zero-order valence-corrected chi connectivity index (χ0v) is 11.1. The van der Waals surface area contributed by atoms with Gasteiger partial charge in [-0.3, -0.25) is 9.59 Å². The second kappa shape index (κ2) is 5.04. The van der Waals surface area contributed by atoms with Crippen molar-refractivity contribution >= 4 is 11.9 Å². The lowest BCUT2D eigenvalue weighted by Crippen LogP contribution is -2.48. The first-order chi connectivity index (χ1) is 7.85. The van der Waals surface area contributed by atoms with E-state index in [0.29, 0.717) is 19.4 Å². The van der Waals surface area contributed by atoms with Gasteiger partial charge in [0, 0.05) is 19.1 Å². The fraction of sp³-hybridized carbons (Fsp3) is 0.833. The van der Waals surface area contributed by atoms with Crippen molar-refractivity contribution in [3.05, 3.63) is 0 Å². The highest BCUT2D eigenvalue weighted by molar-refractivity contribution is 6.04. The molecule has 1 amide bonds. The highest BCUT2D eigenvalue weighted by atomic mass is 16.4. The van der Waals surface area contributed by atoms with E-state index in [4.69, 9.17) is 5.11 Å². The van der Waals surface area contributed by atoms with Crippen molar-refractivity contribution in [2.24, 2.45) is 5.41 Å². The minimum absolute atomic E-state index is 0.0410. The Hall–Kier alpha value is -1.10. The summed E-state index contributed by atoms with van der Waals surface area (Å²) in [6.07, 6.45) is 0.957. The molecule has 5 heteroatoms. The van der Waals surface area contributed by atoms with Crippen LogP contribution in [0.3, 0.4) is 0 Å². The first kappa shape index (κ1) is 14.0. The monoisotopic (exact) mass is 242 g/mol. The Balaban J connectivity index is 2.74. The smallest absolute Gasteiger partial charge is 0.319 e. The molecule has 0 aromatic heterocycles. The van der Waals surface area contributed by atoms with Crippen LogP contribution in [0.25, 0.3) is 0 Å². The van der Waals surface area contributed by atoms with Crippen molar-refractivity contribution in [3.63, 3.8) is 0 Å². The van der Waals surface area contributed by atoms with Crippen LogP contribution in [0.5, 0.6) is 0 Å². The topological polar surface area (TPSA) is 60.9 Å². The molecule has 1 N–H and O–H groups in total. The maximum absolute atomic E-state index is 12.2. The molecule has 1 saturated carbocycles. The van der Waals surface area contributed by atoms with Gasteiger partial charge in [0.05, 0.1) is 0 Å². The lowest BCUT2D eigenvalue weighted by Gasteiger charge is -2.32. The van der Waals surface area contributed by atoms with Gasteiger partial charge in [0.2, 0.25) is 5.91 Å². The Morgan fingerprint density at radius 3 is 2.18 bits per heavy atom. The van der Waals surface area contributed by atoms with Gasteiger partial charge < -0.3 is 14.9 Å². The average Bonchev–Trinajstić information content (AvgIpc) is 2.97. The number of carboxylic acid groups (broad SMARTS) is 1. The first-order valence-corrected chi connectivity index (χ1v) is 6.04. The number of amides is 1. The number of rotatable bonds is 6. The number of nitrogens with zero attached hydrogens (tertiary/aromatic N) is 2. The van der Waals surface area contributed by atoms with E-state index in [0.717, 1.165) is 6.54 Å². The summed E-state index contributed by atoms with van der Waals surface area (Å²) in [5.74, 6) is -1.19. The molecule has 17 heavy (non-hydrogen) atoms. The van der Waals surface area contributed by atoms with Crippen molar-refractivity contribution in [1.29, 1.82) is 0 Å². The molecule has 0 aromatic rings. The van der Waals surface area contributed by atoms with E-state index in [9.17, 15) is 9.59 Å². The summed E-state index contributed by atoms with van der Waals surface area (Å²) in [6, 6.07) is 0.0410. The molecule has 5 nitrogen and oxygen atoms in total. The molecule has 1 unspecified atom stereocenters. The van der Waals surface area contributed by atoms with Crippen LogP contribution >= 0.6 is 0 Å². The molecule has 0 saturated heterocycles. The normalized spacial score (nSPS) is 18.9. The summed E-state index contributed by atoms with van der Waals surface area (Å²) >= 11 is 0. The third-order valence-electron chi connectivity index (χ3n) is 3.33. The van der Waals surface area contributed by atoms with Crippen LogP contribution in [0.1, 0.15) is 26.7 Å². The Labute approximate surface area is 102 Å². The number of aliphatic carboxylic acids is 1. The van der Waals surface area contributed by atoms with Crippen LogP contribution in [0.4, 0.5) is 0 Å². The molecule has 1 atom stereocenters. The van der Waals surface area contributed by atoms with Crippen molar-refractivity contribution in [3.8, 4) is 0 Å². The van der Waals surface area contributed by atoms with E-state index < -0.39 is 11.4 Å². The van der Waals surface area contributed by atoms with Crippen LogP contribution in [0.2, 0.25) is 0 Å². The fourth-order valence-corrected chi connectivity index (χ4v) is 2.20. The van der Waals surface area contributed by atoms with Crippen molar-refractivity contribution in [2.45, 2.75) is 32.7 Å². The largest absolute Gasteiger partial charge is 0.480 e. The van der Waals surface area contributed by atoms with E-state index in [1.54, 1.807) is 4.90 Å². The summed E-state index contributed by atoms with van der Waals surface area (Å²) < 4.78 is 0. The average molecular weight is 242 g/mol. The van der Waals surface area contributed by atoms with Crippen LogP contribution in [-0.2, 0) is 9.59 Å². The fourth-order valence-electron chi connectivity index (χ4n) is 2.20. The summed E-state index contributed by atoms with van der Waals surface area (Å²) in [5, 5.41) is 9.12. The Kier molecular flexibility index (Phi) is 4.14. The minimum Gasteiger partial charge on any atom is -0.480 e. The number of hydrogen-bond acceptors (Lipinski definition) is 3. The van der Waals surface area contributed by atoms with Gasteiger partial charge in [0.25, 0.3) is 0 Å². The molecule has 0 aliphatic heterocycles. The number of likely N-dealkylation sites (N-methyl/N-ethyl adjacent to an activating group) is 2. The third kappa shape index (κ3) is 2.77. The SMILES string of the molecule is CCN(C(=O)C1(C(=O)O)CC1)C(C)CN(C)C. The molecule has 1 aliphatic carbocycles. The summed E-state index contributed by atoms with van der Waals surface area (Å²) in [4.78, 5) is 27.1. The van der Waals surface area contributed by atoms with Gasteiger partial charge in [-0.05, 0) is 40.8 Å². The summed E-state index contributed by atoms with van der Waals surface area (Å²) in [7, 11) is 3.89. The molecule has 1 aliphatic rings. The Morgan fingerprint density at radius 1 is 1.35 bits per heavy atom. The molecular weight excluding hydrogens is 220 g/mol. The number of carboxylic acids is 1. The quantitative estimate of drug-likeness (QED) is 0.695. The molecule has 0 heterocycles. The molecule has 98 valence electrons. The standard InChI is InChI=1S/C12H22N2O3/c1-5-14(9(2)8-13(3)4)10(15)12(6-7-12)11(16)17/h9H,5-8H2,1-4H3,(H,16,17). The molecule has 0 spiro atoms. The Bertz CT molecular complexity index is 311. The Morgan fingerprint density at radius 2 is 1.88 bits per heavy atom. The number of carbonyl (C=O) groups is 2. The molecule has 1 rings (SSSR count). The predicted molar refractivity (Wildman–Crippen MR) is 64.7 cm³/mol. The van der Waals surface area contributed by atoms with Gasteiger partial charge in [-0.25, -0.2) is 0 Å². The zero-order chi connectivity index (χ0) is 13.2. The highest BCUT2D eigenvalue weighted by Gasteiger charge is 2.58.